The molecule has 0 radical (unpaired) electrons. The Balaban J connectivity index is 2.29. The minimum absolute atomic E-state index is 1.06. The molecule has 0 aromatic heterocycles. The summed E-state index contributed by atoms with van der Waals surface area (Å²) in [6.45, 7) is 2.08. The van der Waals surface area contributed by atoms with E-state index in [1.54, 1.807) is 11.8 Å². The zero-order valence-corrected chi connectivity index (χ0v) is 10.8. The average Bonchev–Trinajstić information content (AvgIpc) is 2.38. The van der Waals surface area contributed by atoms with Crippen molar-refractivity contribution in [1.82, 2.24) is 0 Å². The zero-order valence-electron chi connectivity index (χ0n) is 10.0. The van der Waals surface area contributed by atoms with Crippen molar-refractivity contribution in [2.45, 2.75) is 11.8 Å². The number of hydrogen-bond acceptors (Lipinski definition) is 1. The third kappa shape index (κ3) is 3.15. The van der Waals surface area contributed by atoms with Gasteiger partial charge < -0.3 is 0 Å². The van der Waals surface area contributed by atoms with Crippen molar-refractivity contribution < 1.29 is 0 Å². The highest BCUT2D eigenvalue weighted by Crippen LogP contribution is 2.18. The molecule has 17 heavy (non-hydrogen) atoms. The molecule has 0 spiro atoms. The van der Waals surface area contributed by atoms with Crippen molar-refractivity contribution in [2.75, 3.05) is 6.26 Å². The van der Waals surface area contributed by atoms with Gasteiger partial charge in [-0.3, -0.25) is 0 Å². The van der Waals surface area contributed by atoms with Crippen molar-refractivity contribution in [2.24, 2.45) is 0 Å². The van der Waals surface area contributed by atoms with Crippen molar-refractivity contribution in [3.05, 3.63) is 65.2 Å². The standard InChI is InChI=1S/C16H14S/c1-13-7-9-14(10-8-13)11-12-15-5-3-4-6-16(15)17-2/h3-10H,1-2H3. The van der Waals surface area contributed by atoms with Crippen LogP contribution >= 0.6 is 11.8 Å². The number of thioether (sulfide) groups is 1. The molecule has 0 saturated carbocycles. The van der Waals surface area contributed by atoms with E-state index in [0.29, 0.717) is 0 Å². The predicted octanol–water partition coefficient (Wildman–Crippen LogP) is 4.12. The summed E-state index contributed by atoms with van der Waals surface area (Å²) in [5.74, 6) is 6.43. The molecular formula is C16H14S. The van der Waals surface area contributed by atoms with Gasteiger partial charge in [0.2, 0.25) is 0 Å². The monoisotopic (exact) mass is 238 g/mol. The minimum Gasteiger partial charge on any atom is -0.128 e. The summed E-state index contributed by atoms with van der Waals surface area (Å²) < 4.78 is 0. The number of aryl methyl sites for hydroxylation is 1. The van der Waals surface area contributed by atoms with Crippen LogP contribution in [0.5, 0.6) is 0 Å². The first kappa shape index (κ1) is 11.8. The molecule has 0 aliphatic carbocycles. The fraction of sp³-hybridized carbons (Fsp3) is 0.125. The van der Waals surface area contributed by atoms with E-state index in [1.165, 1.54) is 10.5 Å². The maximum atomic E-state index is 3.23. The fourth-order valence-electron chi connectivity index (χ4n) is 1.52. The first-order valence-corrected chi connectivity index (χ1v) is 6.74. The third-order valence-electron chi connectivity index (χ3n) is 2.50. The van der Waals surface area contributed by atoms with Crippen LogP contribution in [0.25, 0.3) is 0 Å². The van der Waals surface area contributed by atoms with Gasteiger partial charge in [-0.05, 0) is 37.4 Å². The molecule has 0 saturated heterocycles. The van der Waals surface area contributed by atoms with Crippen molar-refractivity contribution in [3.8, 4) is 11.8 Å². The number of hydrogen-bond donors (Lipinski definition) is 0. The van der Waals surface area contributed by atoms with Crippen molar-refractivity contribution in [1.29, 1.82) is 0 Å². The van der Waals surface area contributed by atoms with E-state index in [1.807, 2.05) is 12.1 Å². The van der Waals surface area contributed by atoms with Crippen LogP contribution in [0.3, 0.4) is 0 Å². The van der Waals surface area contributed by atoms with Gasteiger partial charge in [0.25, 0.3) is 0 Å². The van der Waals surface area contributed by atoms with Gasteiger partial charge in [-0.25, -0.2) is 0 Å². The quantitative estimate of drug-likeness (QED) is 0.532. The van der Waals surface area contributed by atoms with Gasteiger partial charge >= 0.3 is 0 Å². The smallest absolute Gasteiger partial charge is 0.0384 e. The molecule has 84 valence electrons. The summed E-state index contributed by atoms with van der Waals surface area (Å²) in [6.07, 6.45) is 2.08. The van der Waals surface area contributed by atoms with E-state index in [2.05, 4.69) is 61.4 Å². The molecule has 0 N–H and O–H groups in total. The highest BCUT2D eigenvalue weighted by Gasteiger charge is 1.95. The Morgan fingerprint density at radius 2 is 1.59 bits per heavy atom. The van der Waals surface area contributed by atoms with E-state index < -0.39 is 0 Å². The van der Waals surface area contributed by atoms with Gasteiger partial charge in [-0.1, -0.05) is 41.7 Å². The first-order chi connectivity index (χ1) is 8.29. The largest absolute Gasteiger partial charge is 0.128 e. The second-order valence-corrected chi connectivity index (χ2v) is 4.66. The Hall–Kier alpha value is -1.65. The minimum atomic E-state index is 1.06. The summed E-state index contributed by atoms with van der Waals surface area (Å²) >= 11 is 1.73. The summed E-state index contributed by atoms with van der Waals surface area (Å²) in [5.41, 5.74) is 3.42. The van der Waals surface area contributed by atoms with Crippen molar-refractivity contribution in [3.63, 3.8) is 0 Å². The van der Waals surface area contributed by atoms with Crippen LogP contribution in [0, 0.1) is 18.8 Å². The Kier molecular flexibility index (Phi) is 3.90. The lowest BCUT2D eigenvalue weighted by atomic mass is 10.1. The molecule has 0 aliphatic heterocycles. The lowest BCUT2D eigenvalue weighted by Gasteiger charge is -1.98. The van der Waals surface area contributed by atoms with E-state index in [-0.39, 0.29) is 0 Å². The molecule has 0 fully saturated rings. The SMILES string of the molecule is CSc1ccccc1C#Cc1ccc(C)cc1. The molecule has 0 nitrogen and oxygen atoms in total. The molecule has 0 unspecified atom stereocenters. The lowest BCUT2D eigenvalue weighted by Crippen LogP contribution is -1.80. The third-order valence-corrected chi connectivity index (χ3v) is 3.30. The maximum Gasteiger partial charge on any atom is 0.0384 e. The molecule has 2 rings (SSSR count). The molecule has 2 aromatic rings. The molecule has 0 aliphatic rings. The summed E-state index contributed by atoms with van der Waals surface area (Å²) in [5, 5.41) is 0. The molecule has 2 aromatic carbocycles. The van der Waals surface area contributed by atoms with Crippen LogP contribution in [0.4, 0.5) is 0 Å². The topological polar surface area (TPSA) is 0 Å². The van der Waals surface area contributed by atoms with E-state index >= 15 is 0 Å². The predicted molar refractivity (Wildman–Crippen MR) is 75.4 cm³/mol. The highest BCUT2D eigenvalue weighted by atomic mass is 32.2. The maximum absolute atomic E-state index is 3.23. The Bertz CT molecular complexity index is 556. The van der Waals surface area contributed by atoms with Crippen LogP contribution < -0.4 is 0 Å². The number of rotatable bonds is 1. The Morgan fingerprint density at radius 3 is 2.29 bits per heavy atom. The van der Waals surface area contributed by atoms with Crippen LogP contribution in [0.15, 0.2) is 53.4 Å². The Morgan fingerprint density at radius 1 is 0.882 bits per heavy atom. The van der Waals surface area contributed by atoms with Gasteiger partial charge in [0.15, 0.2) is 0 Å². The normalized spacial score (nSPS) is 9.53. The molecular weight excluding hydrogens is 224 g/mol. The summed E-state index contributed by atoms with van der Waals surface area (Å²) in [7, 11) is 0. The van der Waals surface area contributed by atoms with Crippen LogP contribution in [-0.4, -0.2) is 6.26 Å². The average molecular weight is 238 g/mol. The van der Waals surface area contributed by atoms with Crippen LogP contribution in [-0.2, 0) is 0 Å². The van der Waals surface area contributed by atoms with Gasteiger partial charge in [-0.15, -0.1) is 11.8 Å². The van der Waals surface area contributed by atoms with Gasteiger partial charge in [0.05, 0.1) is 0 Å². The highest BCUT2D eigenvalue weighted by molar-refractivity contribution is 7.98. The van der Waals surface area contributed by atoms with Crippen molar-refractivity contribution >= 4 is 11.8 Å². The zero-order chi connectivity index (χ0) is 12.1. The van der Waals surface area contributed by atoms with E-state index in [4.69, 9.17) is 0 Å². The van der Waals surface area contributed by atoms with Crippen LogP contribution in [0.1, 0.15) is 16.7 Å². The van der Waals surface area contributed by atoms with Crippen LogP contribution in [0.2, 0.25) is 0 Å². The Labute approximate surface area is 107 Å². The second kappa shape index (κ2) is 5.61. The van der Waals surface area contributed by atoms with Gasteiger partial charge in [0.1, 0.15) is 0 Å². The molecule has 0 heterocycles. The first-order valence-electron chi connectivity index (χ1n) is 5.51. The fourth-order valence-corrected chi connectivity index (χ4v) is 2.08. The summed E-state index contributed by atoms with van der Waals surface area (Å²) in [6, 6.07) is 16.5. The van der Waals surface area contributed by atoms with E-state index in [0.717, 1.165) is 11.1 Å². The molecule has 0 bridgehead atoms. The molecule has 0 amide bonds. The summed E-state index contributed by atoms with van der Waals surface area (Å²) in [4.78, 5) is 1.23. The van der Waals surface area contributed by atoms with E-state index in [9.17, 15) is 0 Å². The molecule has 1 heteroatoms. The second-order valence-electron chi connectivity index (χ2n) is 3.82. The van der Waals surface area contributed by atoms with Gasteiger partial charge in [-0.2, -0.15) is 0 Å². The lowest BCUT2D eigenvalue weighted by molar-refractivity contribution is 1.42. The number of benzene rings is 2. The molecule has 0 atom stereocenters. The van der Waals surface area contributed by atoms with Gasteiger partial charge in [0, 0.05) is 16.0 Å².